The Bertz CT molecular complexity index is 496. The smallest absolute Gasteiger partial charge is 0.251 e. The number of nitrogens with two attached hydrogens (primary N) is 1. The number of nitrogen functional groups attached to an aromatic ring is 1. The summed E-state index contributed by atoms with van der Waals surface area (Å²) in [6, 6.07) is 4.11. The van der Waals surface area contributed by atoms with Crippen LogP contribution in [-0.2, 0) is 0 Å². The van der Waals surface area contributed by atoms with Gasteiger partial charge >= 0.3 is 0 Å². The van der Waals surface area contributed by atoms with Crippen molar-refractivity contribution in [2.75, 3.05) is 5.73 Å². The summed E-state index contributed by atoms with van der Waals surface area (Å²) in [7, 11) is 0. The van der Waals surface area contributed by atoms with Gasteiger partial charge in [-0.3, -0.25) is 4.79 Å². The predicted octanol–water partition coefficient (Wildman–Crippen LogP) is 3.58. The number of anilines is 1. The fourth-order valence-electron chi connectivity index (χ4n) is 3.17. The number of carbonyl (C=O) groups excluding carboxylic acids is 1. The summed E-state index contributed by atoms with van der Waals surface area (Å²) in [5.41, 5.74) is 9.36. The minimum Gasteiger partial charge on any atom is -0.398 e. The second kappa shape index (κ2) is 6.29. The Kier molecular flexibility index (Phi) is 4.69. The van der Waals surface area contributed by atoms with E-state index < -0.39 is 0 Å². The molecule has 0 aliphatic heterocycles. The summed E-state index contributed by atoms with van der Waals surface area (Å²) in [6.07, 6.45) is 5.95. The Morgan fingerprint density at radius 1 is 1.30 bits per heavy atom. The summed E-state index contributed by atoms with van der Waals surface area (Å²) in [5, 5.41) is 3.19. The summed E-state index contributed by atoms with van der Waals surface area (Å²) in [6.45, 7) is 6.17. The molecule has 1 aliphatic rings. The van der Waals surface area contributed by atoms with E-state index in [1.165, 1.54) is 19.3 Å². The van der Waals surface area contributed by atoms with Crippen LogP contribution < -0.4 is 11.1 Å². The Morgan fingerprint density at radius 3 is 2.75 bits per heavy atom. The lowest BCUT2D eigenvalue weighted by atomic mass is 9.84. The lowest BCUT2D eigenvalue weighted by molar-refractivity contribution is 0.0918. The number of rotatable bonds is 3. The summed E-state index contributed by atoms with van der Waals surface area (Å²) < 4.78 is 0. The van der Waals surface area contributed by atoms with Crippen LogP contribution in [0.1, 0.15) is 60.5 Å². The number of hydrogen-bond donors (Lipinski definition) is 2. The van der Waals surface area contributed by atoms with Crippen molar-refractivity contribution >= 4 is 11.6 Å². The zero-order chi connectivity index (χ0) is 14.7. The van der Waals surface area contributed by atoms with Gasteiger partial charge in [-0.05, 0) is 49.8 Å². The molecule has 0 saturated heterocycles. The van der Waals surface area contributed by atoms with Gasteiger partial charge in [-0.1, -0.05) is 32.3 Å². The molecule has 3 N–H and O–H groups in total. The van der Waals surface area contributed by atoms with Crippen LogP contribution in [0.2, 0.25) is 0 Å². The molecule has 1 aromatic rings. The molecule has 0 radical (unpaired) electrons. The van der Waals surface area contributed by atoms with E-state index in [2.05, 4.69) is 12.2 Å². The quantitative estimate of drug-likeness (QED) is 0.828. The van der Waals surface area contributed by atoms with Crippen LogP contribution in [0.5, 0.6) is 0 Å². The zero-order valence-electron chi connectivity index (χ0n) is 12.8. The standard InChI is InChI=1S/C17H26N2O/c1-4-13-6-5-7-14(9-13)19-17(20)15-10-16(18)12(3)8-11(15)2/h8,10,13-14H,4-7,9,18H2,1-3H3,(H,19,20). The molecule has 1 fully saturated rings. The van der Waals surface area contributed by atoms with Crippen LogP contribution >= 0.6 is 0 Å². The van der Waals surface area contributed by atoms with Gasteiger partial charge in [-0.15, -0.1) is 0 Å². The lowest BCUT2D eigenvalue weighted by Gasteiger charge is -2.29. The second-order valence-electron chi connectivity index (χ2n) is 6.13. The zero-order valence-corrected chi connectivity index (χ0v) is 12.8. The summed E-state index contributed by atoms with van der Waals surface area (Å²) >= 11 is 0. The van der Waals surface area contributed by atoms with Gasteiger partial charge in [0.05, 0.1) is 0 Å². The van der Waals surface area contributed by atoms with E-state index in [9.17, 15) is 4.79 Å². The molecule has 2 unspecified atom stereocenters. The second-order valence-corrected chi connectivity index (χ2v) is 6.13. The van der Waals surface area contributed by atoms with Gasteiger partial charge < -0.3 is 11.1 Å². The number of benzene rings is 1. The Morgan fingerprint density at radius 2 is 2.05 bits per heavy atom. The molecule has 3 heteroatoms. The topological polar surface area (TPSA) is 55.1 Å². The first-order chi connectivity index (χ1) is 9.51. The molecular weight excluding hydrogens is 248 g/mol. The molecule has 1 aromatic carbocycles. The molecule has 0 heterocycles. The van der Waals surface area contributed by atoms with E-state index in [0.717, 1.165) is 29.9 Å². The van der Waals surface area contributed by atoms with E-state index in [4.69, 9.17) is 5.73 Å². The van der Waals surface area contributed by atoms with Gasteiger partial charge in [0, 0.05) is 17.3 Å². The lowest BCUT2D eigenvalue weighted by Crippen LogP contribution is -2.38. The molecule has 3 nitrogen and oxygen atoms in total. The van der Waals surface area contributed by atoms with Crippen molar-refractivity contribution in [2.45, 2.75) is 58.9 Å². The van der Waals surface area contributed by atoms with Gasteiger partial charge in [-0.25, -0.2) is 0 Å². The number of hydrogen-bond acceptors (Lipinski definition) is 2. The highest BCUT2D eigenvalue weighted by atomic mass is 16.1. The molecule has 1 aliphatic carbocycles. The molecule has 0 spiro atoms. The van der Waals surface area contributed by atoms with Crippen molar-refractivity contribution in [1.82, 2.24) is 5.32 Å². The fourth-order valence-corrected chi connectivity index (χ4v) is 3.17. The highest BCUT2D eigenvalue weighted by molar-refractivity contribution is 5.96. The predicted molar refractivity (Wildman–Crippen MR) is 83.8 cm³/mol. The van der Waals surface area contributed by atoms with Crippen LogP contribution in [0.25, 0.3) is 0 Å². The average molecular weight is 274 g/mol. The van der Waals surface area contributed by atoms with E-state index in [1.54, 1.807) is 6.07 Å². The molecule has 1 amide bonds. The van der Waals surface area contributed by atoms with Gasteiger partial charge in [0.1, 0.15) is 0 Å². The minimum absolute atomic E-state index is 0.0240. The summed E-state index contributed by atoms with van der Waals surface area (Å²) in [4.78, 5) is 12.4. The largest absolute Gasteiger partial charge is 0.398 e. The van der Waals surface area contributed by atoms with Crippen molar-refractivity contribution in [3.63, 3.8) is 0 Å². The monoisotopic (exact) mass is 274 g/mol. The van der Waals surface area contributed by atoms with Crippen LogP contribution in [0.3, 0.4) is 0 Å². The van der Waals surface area contributed by atoms with Crippen molar-refractivity contribution in [2.24, 2.45) is 5.92 Å². The third-order valence-electron chi connectivity index (χ3n) is 4.55. The highest BCUT2D eigenvalue weighted by Gasteiger charge is 2.23. The molecule has 0 aromatic heterocycles. The Balaban J connectivity index is 2.06. The Hall–Kier alpha value is -1.51. The van der Waals surface area contributed by atoms with E-state index >= 15 is 0 Å². The van der Waals surface area contributed by atoms with Gasteiger partial charge in [-0.2, -0.15) is 0 Å². The Labute approximate surface area is 121 Å². The highest BCUT2D eigenvalue weighted by Crippen LogP contribution is 2.27. The van der Waals surface area contributed by atoms with E-state index in [1.807, 2.05) is 19.9 Å². The van der Waals surface area contributed by atoms with Crippen molar-refractivity contribution in [1.29, 1.82) is 0 Å². The molecule has 2 rings (SSSR count). The van der Waals surface area contributed by atoms with Crippen LogP contribution in [0, 0.1) is 19.8 Å². The van der Waals surface area contributed by atoms with Crippen molar-refractivity contribution in [3.8, 4) is 0 Å². The first kappa shape index (κ1) is 14.9. The van der Waals surface area contributed by atoms with Crippen LogP contribution in [0.4, 0.5) is 5.69 Å². The third kappa shape index (κ3) is 3.33. The molecular formula is C17H26N2O. The fraction of sp³-hybridized carbons (Fsp3) is 0.588. The maximum absolute atomic E-state index is 12.4. The number of aryl methyl sites for hydroxylation is 2. The maximum Gasteiger partial charge on any atom is 0.251 e. The van der Waals surface area contributed by atoms with Gasteiger partial charge in [0.15, 0.2) is 0 Å². The normalized spacial score (nSPS) is 22.6. The van der Waals surface area contributed by atoms with Gasteiger partial charge in [0.25, 0.3) is 5.91 Å². The molecule has 2 atom stereocenters. The van der Waals surface area contributed by atoms with E-state index in [0.29, 0.717) is 17.3 Å². The average Bonchev–Trinajstić information content (AvgIpc) is 2.43. The van der Waals surface area contributed by atoms with Crippen LogP contribution in [0.15, 0.2) is 12.1 Å². The first-order valence-corrected chi connectivity index (χ1v) is 7.68. The minimum atomic E-state index is 0.0240. The summed E-state index contributed by atoms with van der Waals surface area (Å²) in [5.74, 6) is 0.786. The number of amides is 1. The molecule has 1 saturated carbocycles. The number of carbonyl (C=O) groups is 1. The third-order valence-corrected chi connectivity index (χ3v) is 4.55. The first-order valence-electron chi connectivity index (χ1n) is 7.68. The van der Waals surface area contributed by atoms with Crippen molar-refractivity contribution < 1.29 is 4.79 Å². The molecule has 0 bridgehead atoms. The SMILES string of the molecule is CCC1CCCC(NC(=O)c2cc(N)c(C)cc2C)C1. The molecule has 20 heavy (non-hydrogen) atoms. The van der Waals surface area contributed by atoms with Crippen molar-refractivity contribution in [3.05, 3.63) is 28.8 Å². The van der Waals surface area contributed by atoms with E-state index in [-0.39, 0.29) is 5.91 Å². The number of nitrogens with one attached hydrogen (secondary N) is 1. The van der Waals surface area contributed by atoms with Gasteiger partial charge in [0.2, 0.25) is 0 Å². The van der Waals surface area contributed by atoms with Crippen LogP contribution in [-0.4, -0.2) is 11.9 Å². The maximum atomic E-state index is 12.4. The molecule has 110 valence electrons.